The van der Waals surface area contributed by atoms with Gasteiger partial charge in [-0.05, 0) is 32.4 Å². The van der Waals surface area contributed by atoms with E-state index in [1.807, 2.05) is 6.92 Å². The molecule has 1 amide bonds. The van der Waals surface area contributed by atoms with Gasteiger partial charge in [-0.3, -0.25) is 9.59 Å². The molecule has 6 nitrogen and oxygen atoms in total. The number of ether oxygens (including phenoxy) is 1. The van der Waals surface area contributed by atoms with Crippen LogP contribution in [0.2, 0.25) is 0 Å². The quantitative estimate of drug-likeness (QED) is 0.868. The van der Waals surface area contributed by atoms with Crippen molar-refractivity contribution in [1.82, 2.24) is 15.1 Å². The Hall–Kier alpha value is -2.77. The second kappa shape index (κ2) is 7.87. The predicted octanol–water partition coefficient (Wildman–Crippen LogP) is 2.44. The third kappa shape index (κ3) is 4.20. The van der Waals surface area contributed by atoms with Crippen molar-refractivity contribution in [3.63, 3.8) is 0 Å². The van der Waals surface area contributed by atoms with Crippen LogP contribution in [0.15, 0.2) is 29.1 Å². The first kappa shape index (κ1) is 18.6. The van der Waals surface area contributed by atoms with Crippen molar-refractivity contribution < 1.29 is 18.3 Å². The minimum atomic E-state index is -1.08. The molecule has 0 spiro atoms. The number of amides is 1. The molecule has 8 heteroatoms. The number of carbonyl (C=O) groups excluding carboxylic acids is 1. The molecule has 0 aliphatic heterocycles. The normalized spacial score (nSPS) is 11.9. The maximum Gasteiger partial charge on any atom is 0.276 e. The van der Waals surface area contributed by atoms with Crippen LogP contribution in [0, 0.1) is 11.6 Å². The lowest BCUT2D eigenvalue weighted by Crippen LogP contribution is -2.36. The van der Waals surface area contributed by atoms with Crippen molar-refractivity contribution in [2.24, 2.45) is 0 Å². The van der Waals surface area contributed by atoms with Gasteiger partial charge in [0, 0.05) is 12.1 Å². The van der Waals surface area contributed by atoms with Crippen LogP contribution in [0.3, 0.4) is 0 Å². The molecule has 25 heavy (non-hydrogen) atoms. The van der Waals surface area contributed by atoms with Gasteiger partial charge in [0.2, 0.25) is 11.3 Å². The van der Waals surface area contributed by atoms with Gasteiger partial charge >= 0.3 is 0 Å². The van der Waals surface area contributed by atoms with E-state index in [-0.39, 0.29) is 29.9 Å². The van der Waals surface area contributed by atoms with E-state index in [1.54, 1.807) is 13.8 Å². The van der Waals surface area contributed by atoms with E-state index in [1.165, 1.54) is 6.07 Å². The van der Waals surface area contributed by atoms with Crippen LogP contribution in [-0.2, 0) is 0 Å². The Bertz CT molecular complexity index is 836. The van der Waals surface area contributed by atoms with Gasteiger partial charge in [0.25, 0.3) is 5.91 Å². The Kier molecular flexibility index (Phi) is 5.84. The van der Waals surface area contributed by atoms with Crippen molar-refractivity contribution in [2.45, 2.75) is 33.2 Å². The molecule has 0 saturated heterocycles. The molecule has 0 saturated carbocycles. The highest BCUT2D eigenvalue weighted by atomic mass is 19.2. The van der Waals surface area contributed by atoms with Crippen LogP contribution in [0.5, 0.6) is 5.88 Å². The summed E-state index contributed by atoms with van der Waals surface area (Å²) in [6, 6.07) is 4.07. The maximum atomic E-state index is 13.5. The summed E-state index contributed by atoms with van der Waals surface area (Å²) in [7, 11) is 0. The van der Waals surface area contributed by atoms with Crippen molar-refractivity contribution in [1.29, 1.82) is 0 Å². The third-order valence-electron chi connectivity index (χ3n) is 3.54. The van der Waals surface area contributed by atoms with Crippen LogP contribution in [0.25, 0.3) is 5.69 Å². The zero-order chi connectivity index (χ0) is 18.6. The first-order chi connectivity index (χ1) is 11.9. The van der Waals surface area contributed by atoms with E-state index in [0.717, 1.165) is 22.9 Å². The molecule has 2 rings (SSSR count). The van der Waals surface area contributed by atoms with Gasteiger partial charge in [0.1, 0.15) is 0 Å². The molecule has 0 aliphatic carbocycles. The number of hydrogen-bond acceptors (Lipinski definition) is 4. The van der Waals surface area contributed by atoms with Gasteiger partial charge in [0.05, 0.1) is 18.4 Å². The van der Waals surface area contributed by atoms with Crippen molar-refractivity contribution in [3.05, 3.63) is 51.8 Å². The van der Waals surface area contributed by atoms with E-state index in [9.17, 15) is 18.4 Å². The van der Waals surface area contributed by atoms with E-state index >= 15 is 0 Å². The molecular formula is C17H19F2N3O3. The summed E-state index contributed by atoms with van der Waals surface area (Å²) in [5.41, 5.74) is -0.850. The second-order valence-electron chi connectivity index (χ2n) is 5.42. The molecule has 0 aliphatic rings. The van der Waals surface area contributed by atoms with E-state index in [2.05, 4.69) is 10.4 Å². The molecule has 1 heterocycles. The topological polar surface area (TPSA) is 73.2 Å². The number of halogens is 2. The average molecular weight is 351 g/mol. The highest BCUT2D eigenvalue weighted by molar-refractivity contribution is 5.92. The van der Waals surface area contributed by atoms with Gasteiger partial charge < -0.3 is 10.1 Å². The fourth-order valence-corrected chi connectivity index (χ4v) is 2.04. The number of nitrogens with zero attached hydrogens (tertiary/aromatic N) is 2. The lowest BCUT2D eigenvalue weighted by molar-refractivity contribution is 0.0931. The zero-order valence-corrected chi connectivity index (χ0v) is 14.2. The molecule has 1 N–H and O–H groups in total. The van der Waals surface area contributed by atoms with Crippen LogP contribution >= 0.6 is 0 Å². The smallest absolute Gasteiger partial charge is 0.276 e. The van der Waals surface area contributed by atoms with Crippen molar-refractivity contribution in [2.75, 3.05) is 6.61 Å². The number of nitrogens with one attached hydrogen (secondary N) is 1. The minimum Gasteiger partial charge on any atom is -0.478 e. The molecule has 1 aromatic heterocycles. The number of benzene rings is 1. The summed E-state index contributed by atoms with van der Waals surface area (Å²) >= 11 is 0. The molecule has 1 unspecified atom stereocenters. The van der Waals surface area contributed by atoms with Crippen LogP contribution < -0.4 is 15.5 Å². The Morgan fingerprint density at radius 3 is 2.60 bits per heavy atom. The van der Waals surface area contributed by atoms with Gasteiger partial charge in [-0.1, -0.05) is 6.92 Å². The minimum absolute atomic E-state index is 0.0265. The third-order valence-corrected chi connectivity index (χ3v) is 3.54. The summed E-state index contributed by atoms with van der Waals surface area (Å²) in [5.74, 6) is -2.71. The molecule has 134 valence electrons. The second-order valence-corrected chi connectivity index (χ2v) is 5.42. The van der Waals surface area contributed by atoms with Crippen LogP contribution in [0.4, 0.5) is 8.78 Å². The molecule has 0 bridgehead atoms. The number of aromatic nitrogens is 2. The highest BCUT2D eigenvalue weighted by Crippen LogP contribution is 2.18. The SMILES string of the molecule is CCOc1cc(=O)c(C(=O)NC(C)CC)nn1-c1ccc(F)c(F)c1. The van der Waals surface area contributed by atoms with Gasteiger partial charge in [-0.15, -0.1) is 0 Å². The summed E-state index contributed by atoms with van der Waals surface area (Å²) in [4.78, 5) is 24.4. The van der Waals surface area contributed by atoms with Crippen molar-refractivity contribution >= 4 is 5.91 Å². The summed E-state index contributed by atoms with van der Waals surface area (Å²) < 4.78 is 33.1. The fourth-order valence-electron chi connectivity index (χ4n) is 2.04. The lowest BCUT2D eigenvalue weighted by Gasteiger charge is -2.15. The Morgan fingerprint density at radius 1 is 1.28 bits per heavy atom. The number of rotatable bonds is 6. The summed E-state index contributed by atoms with van der Waals surface area (Å²) in [6.45, 7) is 5.60. The zero-order valence-electron chi connectivity index (χ0n) is 14.2. The average Bonchev–Trinajstić information content (AvgIpc) is 2.57. The molecule has 1 aromatic carbocycles. The Balaban J connectivity index is 2.56. The number of carbonyl (C=O) groups is 1. The van der Waals surface area contributed by atoms with Crippen molar-refractivity contribution in [3.8, 4) is 11.6 Å². The van der Waals surface area contributed by atoms with Gasteiger partial charge in [-0.2, -0.15) is 5.10 Å². The Morgan fingerprint density at radius 2 is 2.00 bits per heavy atom. The molecule has 1 atom stereocenters. The van der Waals surface area contributed by atoms with Gasteiger partial charge in [0.15, 0.2) is 17.3 Å². The Labute approximate surface area is 143 Å². The molecular weight excluding hydrogens is 332 g/mol. The monoisotopic (exact) mass is 351 g/mol. The molecule has 0 fully saturated rings. The first-order valence-electron chi connectivity index (χ1n) is 7.90. The van der Waals surface area contributed by atoms with E-state index in [0.29, 0.717) is 6.42 Å². The van der Waals surface area contributed by atoms with E-state index in [4.69, 9.17) is 4.74 Å². The van der Waals surface area contributed by atoms with E-state index < -0.39 is 23.0 Å². The largest absolute Gasteiger partial charge is 0.478 e. The number of hydrogen-bond donors (Lipinski definition) is 1. The maximum absolute atomic E-state index is 13.5. The van der Waals surface area contributed by atoms with Crippen LogP contribution in [-0.4, -0.2) is 28.3 Å². The summed E-state index contributed by atoms with van der Waals surface area (Å²) in [6.07, 6.45) is 0.681. The lowest BCUT2D eigenvalue weighted by atomic mass is 10.2. The van der Waals surface area contributed by atoms with Crippen LogP contribution in [0.1, 0.15) is 37.7 Å². The predicted molar refractivity (Wildman–Crippen MR) is 88.1 cm³/mol. The fraction of sp³-hybridized carbons (Fsp3) is 0.353. The molecule has 2 aromatic rings. The van der Waals surface area contributed by atoms with Gasteiger partial charge in [-0.25, -0.2) is 13.5 Å². The first-order valence-corrected chi connectivity index (χ1v) is 7.90. The standard InChI is InChI=1S/C17H19F2N3O3/c1-4-10(3)20-17(24)16-14(23)9-15(25-5-2)22(21-16)11-6-7-12(18)13(19)8-11/h6-10H,4-5H2,1-3H3,(H,20,24). The molecule has 0 radical (unpaired) electrons. The highest BCUT2D eigenvalue weighted by Gasteiger charge is 2.19. The summed E-state index contributed by atoms with van der Waals surface area (Å²) in [5, 5.41) is 6.64.